The molecular weight excluding hydrogens is 334 g/mol. The monoisotopic (exact) mass is 353 g/mol. The standard InChI is InChI=1S/C17H19N7O2/c25-8-15-21-22-16(24(15)13-1-2-13)11-5-12(6-11)19-17(26)10-3-4-23-9-18-20-14(23)7-10/h3-4,7,9,11-13,25H,1-2,5-6,8H2,(H,19,26). The van der Waals surface area contributed by atoms with E-state index in [2.05, 4.69) is 30.3 Å². The van der Waals surface area contributed by atoms with E-state index < -0.39 is 0 Å². The van der Waals surface area contributed by atoms with E-state index in [1.807, 2.05) is 0 Å². The second kappa shape index (κ2) is 5.87. The third-order valence-electron chi connectivity index (χ3n) is 5.25. The first-order valence-corrected chi connectivity index (χ1v) is 8.87. The summed E-state index contributed by atoms with van der Waals surface area (Å²) in [4.78, 5) is 12.5. The Hall–Kier alpha value is -2.81. The number of aromatic nitrogens is 6. The zero-order valence-corrected chi connectivity index (χ0v) is 14.1. The molecule has 0 aliphatic heterocycles. The molecular formula is C17H19N7O2. The zero-order valence-electron chi connectivity index (χ0n) is 14.1. The summed E-state index contributed by atoms with van der Waals surface area (Å²) in [5.41, 5.74) is 1.23. The number of aliphatic hydroxyl groups is 1. The second-order valence-electron chi connectivity index (χ2n) is 7.08. The minimum atomic E-state index is -0.0985. The molecule has 26 heavy (non-hydrogen) atoms. The highest BCUT2D eigenvalue weighted by Crippen LogP contribution is 2.42. The van der Waals surface area contributed by atoms with Gasteiger partial charge in [-0.3, -0.25) is 9.20 Å². The molecule has 5 rings (SSSR count). The van der Waals surface area contributed by atoms with Gasteiger partial charge in [-0.2, -0.15) is 0 Å². The van der Waals surface area contributed by atoms with Crippen molar-refractivity contribution in [3.05, 3.63) is 41.9 Å². The molecule has 3 aromatic heterocycles. The lowest BCUT2D eigenvalue weighted by atomic mass is 9.79. The molecule has 0 bridgehead atoms. The summed E-state index contributed by atoms with van der Waals surface area (Å²) in [6.07, 6.45) is 7.31. The maximum absolute atomic E-state index is 12.5. The van der Waals surface area contributed by atoms with Crippen LogP contribution >= 0.6 is 0 Å². The van der Waals surface area contributed by atoms with E-state index >= 15 is 0 Å². The SMILES string of the molecule is O=C(NC1CC(c2nnc(CO)n2C2CC2)C1)c1ccn2cnnc2c1. The van der Waals surface area contributed by atoms with Gasteiger partial charge in [0.15, 0.2) is 11.5 Å². The highest BCUT2D eigenvalue weighted by Gasteiger charge is 2.38. The van der Waals surface area contributed by atoms with E-state index in [1.165, 1.54) is 0 Å². The molecule has 0 aromatic carbocycles. The van der Waals surface area contributed by atoms with Crippen LogP contribution in [-0.4, -0.2) is 46.4 Å². The van der Waals surface area contributed by atoms with Gasteiger partial charge < -0.3 is 15.0 Å². The Balaban J connectivity index is 1.24. The number of pyridine rings is 1. The molecule has 1 amide bonds. The molecule has 134 valence electrons. The molecule has 3 heterocycles. The second-order valence-corrected chi connectivity index (χ2v) is 7.08. The summed E-state index contributed by atoms with van der Waals surface area (Å²) in [6, 6.07) is 4.06. The summed E-state index contributed by atoms with van der Waals surface area (Å²) >= 11 is 0. The molecule has 9 heteroatoms. The molecule has 2 saturated carbocycles. The van der Waals surface area contributed by atoms with Gasteiger partial charge in [0.2, 0.25) is 0 Å². The molecule has 0 saturated heterocycles. The molecule has 3 aromatic rings. The molecule has 2 aliphatic rings. The summed E-state index contributed by atoms with van der Waals surface area (Å²) in [5, 5.41) is 28.7. The Morgan fingerprint density at radius 1 is 1.27 bits per heavy atom. The highest BCUT2D eigenvalue weighted by atomic mass is 16.3. The third kappa shape index (κ3) is 2.55. The van der Waals surface area contributed by atoms with Crippen LogP contribution in [0.1, 0.15) is 59.6 Å². The number of hydrogen-bond donors (Lipinski definition) is 2. The van der Waals surface area contributed by atoms with Crippen LogP contribution in [0.4, 0.5) is 0 Å². The van der Waals surface area contributed by atoms with Crippen LogP contribution in [0.2, 0.25) is 0 Å². The fourth-order valence-electron chi connectivity index (χ4n) is 3.63. The lowest BCUT2D eigenvalue weighted by Crippen LogP contribution is -2.44. The Kier molecular flexibility index (Phi) is 3.49. The van der Waals surface area contributed by atoms with Crippen LogP contribution in [0.15, 0.2) is 24.7 Å². The predicted molar refractivity (Wildman–Crippen MR) is 90.4 cm³/mol. The molecule has 0 atom stereocenters. The van der Waals surface area contributed by atoms with E-state index in [4.69, 9.17) is 0 Å². The highest BCUT2D eigenvalue weighted by molar-refractivity contribution is 5.95. The molecule has 9 nitrogen and oxygen atoms in total. The number of aliphatic hydroxyl groups excluding tert-OH is 1. The summed E-state index contributed by atoms with van der Waals surface area (Å²) in [6.45, 7) is -0.0819. The minimum Gasteiger partial charge on any atom is -0.388 e. The van der Waals surface area contributed by atoms with Crippen LogP contribution in [0, 0.1) is 0 Å². The van der Waals surface area contributed by atoms with Gasteiger partial charge in [-0.15, -0.1) is 20.4 Å². The van der Waals surface area contributed by atoms with Crippen molar-refractivity contribution < 1.29 is 9.90 Å². The van der Waals surface area contributed by atoms with Gasteiger partial charge in [-0.05, 0) is 37.8 Å². The predicted octanol–water partition coefficient (Wildman–Crippen LogP) is 0.824. The quantitative estimate of drug-likeness (QED) is 0.703. The Labute approximate surface area is 149 Å². The van der Waals surface area contributed by atoms with Gasteiger partial charge in [0.25, 0.3) is 5.91 Å². The third-order valence-corrected chi connectivity index (χ3v) is 5.25. The smallest absolute Gasteiger partial charge is 0.251 e. The van der Waals surface area contributed by atoms with Gasteiger partial charge in [-0.25, -0.2) is 0 Å². The summed E-state index contributed by atoms with van der Waals surface area (Å²) < 4.78 is 3.86. The van der Waals surface area contributed by atoms with E-state index in [0.29, 0.717) is 23.1 Å². The van der Waals surface area contributed by atoms with Gasteiger partial charge in [0.05, 0.1) is 0 Å². The number of carbonyl (C=O) groups is 1. The summed E-state index contributed by atoms with van der Waals surface area (Å²) in [5.74, 6) is 1.79. The van der Waals surface area contributed by atoms with Gasteiger partial charge in [-0.1, -0.05) is 0 Å². The number of nitrogens with zero attached hydrogens (tertiary/aromatic N) is 6. The maximum atomic E-state index is 12.5. The van der Waals surface area contributed by atoms with E-state index in [0.717, 1.165) is 31.5 Å². The van der Waals surface area contributed by atoms with Crippen LogP contribution in [0.5, 0.6) is 0 Å². The minimum absolute atomic E-state index is 0.0819. The molecule has 0 radical (unpaired) electrons. The van der Waals surface area contributed by atoms with Crippen molar-refractivity contribution in [2.75, 3.05) is 0 Å². The summed E-state index contributed by atoms with van der Waals surface area (Å²) in [7, 11) is 0. The number of amides is 1. The molecule has 0 spiro atoms. The average Bonchev–Trinajstić information content (AvgIpc) is 3.19. The Morgan fingerprint density at radius 3 is 2.88 bits per heavy atom. The van der Waals surface area contributed by atoms with Gasteiger partial charge >= 0.3 is 0 Å². The van der Waals surface area contributed by atoms with Crippen LogP contribution in [-0.2, 0) is 6.61 Å². The van der Waals surface area contributed by atoms with Crippen molar-refractivity contribution in [1.82, 2.24) is 34.7 Å². The number of nitrogens with one attached hydrogen (secondary N) is 1. The van der Waals surface area contributed by atoms with Crippen LogP contribution in [0.3, 0.4) is 0 Å². The number of rotatable bonds is 5. The average molecular weight is 353 g/mol. The molecule has 2 fully saturated rings. The topological polar surface area (TPSA) is 110 Å². The largest absolute Gasteiger partial charge is 0.388 e. The molecule has 2 aliphatic carbocycles. The van der Waals surface area contributed by atoms with Crippen molar-refractivity contribution in [1.29, 1.82) is 0 Å². The van der Waals surface area contributed by atoms with Crippen LogP contribution < -0.4 is 5.32 Å². The van der Waals surface area contributed by atoms with Gasteiger partial charge in [0, 0.05) is 29.8 Å². The fraction of sp³-hybridized carbons (Fsp3) is 0.471. The lowest BCUT2D eigenvalue weighted by Gasteiger charge is -2.35. The maximum Gasteiger partial charge on any atom is 0.251 e. The van der Waals surface area contributed by atoms with Crippen LogP contribution in [0.25, 0.3) is 5.65 Å². The Morgan fingerprint density at radius 2 is 2.12 bits per heavy atom. The first-order chi connectivity index (χ1) is 12.7. The van der Waals surface area contributed by atoms with Crippen molar-refractivity contribution in [3.63, 3.8) is 0 Å². The number of hydrogen-bond acceptors (Lipinski definition) is 6. The van der Waals surface area contributed by atoms with E-state index in [1.54, 1.807) is 29.1 Å². The van der Waals surface area contributed by atoms with Crippen molar-refractivity contribution >= 4 is 11.6 Å². The lowest BCUT2D eigenvalue weighted by molar-refractivity contribution is 0.0906. The Bertz CT molecular complexity index is 969. The van der Waals surface area contributed by atoms with E-state index in [9.17, 15) is 9.90 Å². The number of fused-ring (bicyclic) bond motifs is 1. The molecule has 2 N–H and O–H groups in total. The van der Waals surface area contributed by atoms with E-state index in [-0.39, 0.29) is 24.5 Å². The normalized spacial score (nSPS) is 22.3. The van der Waals surface area contributed by atoms with Crippen molar-refractivity contribution in [2.24, 2.45) is 0 Å². The first kappa shape index (κ1) is 15.4. The van der Waals surface area contributed by atoms with Crippen molar-refractivity contribution in [2.45, 2.75) is 50.3 Å². The number of carbonyl (C=O) groups excluding carboxylic acids is 1. The first-order valence-electron chi connectivity index (χ1n) is 8.87. The molecule has 0 unspecified atom stereocenters. The van der Waals surface area contributed by atoms with Gasteiger partial charge in [0.1, 0.15) is 18.8 Å². The van der Waals surface area contributed by atoms with Crippen molar-refractivity contribution in [3.8, 4) is 0 Å². The zero-order chi connectivity index (χ0) is 17.7. The fourth-order valence-corrected chi connectivity index (χ4v) is 3.63.